The molecular formula is C9H14O2. The smallest absolute Gasteiger partial charge is 0.331 e. The Morgan fingerprint density at radius 3 is 2.36 bits per heavy atom. The van der Waals surface area contributed by atoms with E-state index in [0.29, 0.717) is 5.57 Å². The van der Waals surface area contributed by atoms with E-state index < -0.39 is 5.97 Å². The van der Waals surface area contributed by atoms with Crippen LogP contribution in [0.3, 0.4) is 0 Å². The van der Waals surface area contributed by atoms with Crippen LogP contribution in [0, 0.1) is 0 Å². The third kappa shape index (κ3) is 3.61. The minimum atomic E-state index is -0.849. The molecule has 0 bridgehead atoms. The zero-order chi connectivity index (χ0) is 8.85. The molecule has 0 aromatic rings. The highest BCUT2D eigenvalue weighted by Gasteiger charge is 1.98. The van der Waals surface area contributed by atoms with Gasteiger partial charge in [-0.3, -0.25) is 0 Å². The molecule has 2 nitrogen and oxygen atoms in total. The Kier molecular flexibility index (Phi) is 4.27. The van der Waals surface area contributed by atoms with E-state index in [1.165, 1.54) is 0 Å². The van der Waals surface area contributed by atoms with Crippen molar-refractivity contribution in [2.24, 2.45) is 0 Å². The maximum absolute atomic E-state index is 10.4. The zero-order valence-electron chi connectivity index (χ0n) is 7.22. The van der Waals surface area contributed by atoms with Crippen LogP contribution in [-0.2, 0) is 4.79 Å². The summed E-state index contributed by atoms with van der Waals surface area (Å²) >= 11 is 0. The number of carboxylic acid groups (broad SMARTS) is 1. The summed E-state index contributed by atoms with van der Waals surface area (Å²) in [6.45, 7) is 5.51. The van der Waals surface area contributed by atoms with Crippen LogP contribution in [-0.4, -0.2) is 11.1 Å². The van der Waals surface area contributed by atoms with Gasteiger partial charge in [0.2, 0.25) is 0 Å². The second kappa shape index (κ2) is 4.72. The van der Waals surface area contributed by atoms with Gasteiger partial charge in [-0.1, -0.05) is 18.6 Å². The van der Waals surface area contributed by atoms with Crippen LogP contribution in [0.15, 0.2) is 23.3 Å². The molecule has 0 rings (SSSR count). The van der Waals surface area contributed by atoms with Gasteiger partial charge in [-0.05, 0) is 26.3 Å². The number of allylic oxidation sites excluding steroid dienone is 3. The van der Waals surface area contributed by atoms with E-state index in [1.807, 2.05) is 19.9 Å². The Labute approximate surface area is 67.2 Å². The molecule has 11 heavy (non-hydrogen) atoms. The molecule has 0 aliphatic carbocycles. The molecule has 0 atom stereocenters. The molecule has 0 unspecified atom stereocenters. The molecule has 0 fully saturated rings. The second-order valence-electron chi connectivity index (χ2n) is 2.35. The molecule has 2 heteroatoms. The van der Waals surface area contributed by atoms with Crippen LogP contribution < -0.4 is 0 Å². The van der Waals surface area contributed by atoms with Gasteiger partial charge in [0.1, 0.15) is 0 Å². The van der Waals surface area contributed by atoms with Gasteiger partial charge in [-0.2, -0.15) is 0 Å². The van der Waals surface area contributed by atoms with Crippen LogP contribution in [0.2, 0.25) is 0 Å². The maximum Gasteiger partial charge on any atom is 0.331 e. The predicted octanol–water partition coefficient (Wildman–Crippen LogP) is 2.37. The molecule has 0 aromatic carbocycles. The first-order chi connectivity index (χ1) is 5.11. The van der Waals surface area contributed by atoms with Crippen LogP contribution >= 0.6 is 0 Å². The first-order valence-corrected chi connectivity index (χ1v) is 3.68. The molecule has 0 amide bonds. The van der Waals surface area contributed by atoms with Gasteiger partial charge in [0.05, 0.1) is 0 Å². The largest absolute Gasteiger partial charge is 0.478 e. The Hall–Kier alpha value is -1.05. The summed E-state index contributed by atoms with van der Waals surface area (Å²) in [5, 5.41) is 8.53. The Balaban J connectivity index is 4.40. The van der Waals surface area contributed by atoms with E-state index in [4.69, 9.17) is 5.11 Å². The fourth-order valence-electron chi connectivity index (χ4n) is 0.729. The number of aliphatic carboxylic acids is 1. The number of hydrogen-bond donors (Lipinski definition) is 1. The fraction of sp³-hybridized carbons (Fsp3) is 0.444. The quantitative estimate of drug-likeness (QED) is 0.500. The topological polar surface area (TPSA) is 37.3 Å². The lowest BCUT2D eigenvalue weighted by Crippen LogP contribution is -1.96. The molecule has 0 spiro atoms. The lowest BCUT2D eigenvalue weighted by Gasteiger charge is -1.96. The third-order valence-corrected chi connectivity index (χ3v) is 1.52. The molecular weight excluding hydrogens is 140 g/mol. The van der Waals surface area contributed by atoms with E-state index in [0.717, 1.165) is 12.0 Å². The molecule has 0 radical (unpaired) electrons. The second-order valence-corrected chi connectivity index (χ2v) is 2.35. The van der Waals surface area contributed by atoms with Gasteiger partial charge in [0.25, 0.3) is 0 Å². The number of carboxylic acids is 1. The first kappa shape index (κ1) is 9.95. The van der Waals surface area contributed by atoms with Crippen molar-refractivity contribution >= 4 is 5.97 Å². The summed E-state index contributed by atoms with van der Waals surface area (Å²) < 4.78 is 0. The molecule has 0 saturated heterocycles. The van der Waals surface area contributed by atoms with Crippen LogP contribution in [0.25, 0.3) is 0 Å². The first-order valence-electron chi connectivity index (χ1n) is 3.68. The lowest BCUT2D eigenvalue weighted by molar-refractivity contribution is -0.132. The number of rotatable bonds is 3. The summed E-state index contributed by atoms with van der Waals surface area (Å²) in [5.41, 5.74) is 1.45. The van der Waals surface area contributed by atoms with Crippen molar-refractivity contribution in [1.29, 1.82) is 0 Å². The summed E-state index contributed by atoms with van der Waals surface area (Å²) in [6.07, 6.45) is 4.50. The highest BCUT2D eigenvalue weighted by atomic mass is 16.4. The van der Waals surface area contributed by atoms with Crippen molar-refractivity contribution in [2.75, 3.05) is 0 Å². The predicted molar refractivity (Wildman–Crippen MR) is 45.4 cm³/mol. The number of hydrogen-bond acceptors (Lipinski definition) is 1. The van der Waals surface area contributed by atoms with Crippen molar-refractivity contribution in [2.45, 2.75) is 27.2 Å². The van der Waals surface area contributed by atoms with Gasteiger partial charge in [-0.15, -0.1) is 0 Å². The molecule has 0 aromatic heterocycles. The van der Waals surface area contributed by atoms with E-state index >= 15 is 0 Å². The van der Waals surface area contributed by atoms with Crippen molar-refractivity contribution in [3.8, 4) is 0 Å². The molecule has 0 aliphatic rings. The Bertz CT molecular complexity index is 200. The minimum absolute atomic E-state index is 0.389. The van der Waals surface area contributed by atoms with Gasteiger partial charge in [0.15, 0.2) is 0 Å². The Morgan fingerprint density at radius 2 is 2.09 bits per heavy atom. The molecule has 62 valence electrons. The lowest BCUT2D eigenvalue weighted by atomic mass is 10.1. The normalized spacial score (nSPS) is 13.4. The monoisotopic (exact) mass is 154 g/mol. The standard InChI is InChI=1S/C9H14O2/c1-4-8(5-2)6-7(3)9(10)11/h4,6H,5H2,1-3H3,(H,10,11)/b7-6+,8-4+. The van der Waals surface area contributed by atoms with E-state index in [1.54, 1.807) is 13.0 Å². The highest BCUT2D eigenvalue weighted by Crippen LogP contribution is 2.05. The van der Waals surface area contributed by atoms with Crippen LogP contribution in [0.1, 0.15) is 27.2 Å². The van der Waals surface area contributed by atoms with Crippen molar-refractivity contribution < 1.29 is 9.90 Å². The summed E-state index contributed by atoms with van der Waals surface area (Å²) in [5.74, 6) is -0.849. The van der Waals surface area contributed by atoms with Crippen LogP contribution in [0.4, 0.5) is 0 Å². The maximum atomic E-state index is 10.4. The highest BCUT2D eigenvalue weighted by molar-refractivity contribution is 5.86. The molecule has 0 saturated carbocycles. The summed E-state index contributed by atoms with van der Waals surface area (Å²) in [6, 6.07) is 0. The molecule has 0 heterocycles. The van der Waals surface area contributed by atoms with Gasteiger partial charge in [-0.25, -0.2) is 4.79 Å². The van der Waals surface area contributed by atoms with Gasteiger partial charge >= 0.3 is 5.97 Å². The van der Waals surface area contributed by atoms with Crippen molar-refractivity contribution in [3.63, 3.8) is 0 Å². The van der Waals surface area contributed by atoms with Crippen molar-refractivity contribution in [3.05, 3.63) is 23.3 Å². The molecule has 1 N–H and O–H groups in total. The average molecular weight is 154 g/mol. The SMILES string of the molecule is C/C=C(/C=C(\C)C(=O)O)CC. The Morgan fingerprint density at radius 1 is 1.55 bits per heavy atom. The van der Waals surface area contributed by atoms with Crippen LogP contribution in [0.5, 0.6) is 0 Å². The van der Waals surface area contributed by atoms with Gasteiger partial charge in [0, 0.05) is 5.57 Å². The summed E-state index contributed by atoms with van der Waals surface area (Å²) in [4.78, 5) is 10.4. The number of carbonyl (C=O) groups is 1. The van der Waals surface area contributed by atoms with Gasteiger partial charge < -0.3 is 5.11 Å². The summed E-state index contributed by atoms with van der Waals surface area (Å²) in [7, 11) is 0. The van der Waals surface area contributed by atoms with E-state index in [2.05, 4.69) is 0 Å². The zero-order valence-corrected chi connectivity index (χ0v) is 7.22. The van der Waals surface area contributed by atoms with E-state index in [-0.39, 0.29) is 0 Å². The fourth-order valence-corrected chi connectivity index (χ4v) is 0.729. The molecule has 0 aliphatic heterocycles. The third-order valence-electron chi connectivity index (χ3n) is 1.52. The van der Waals surface area contributed by atoms with E-state index in [9.17, 15) is 4.79 Å². The van der Waals surface area contributed by atoms with Crippen molar-refractivity contribution in [1.82, 2.24) is 0 Å². The average Bonchev–Trinajstić information content (AvgIpc) is 1.99. The minimum Gasteiger partial charge on any atom is -0.478 e.